The van der Waals surface area contributed by atoms with Crippen LogP contribution in [0.2, 0.25) is 5.02 Å². The summed E-state index contributed by atoms with van der Waals surface area (Å²) in [5, 5.41) is 3.11. The van der Waals surface area contributed by atoms with Gasteiger partial charge < -0.3 is 5.32 Å². The summed E-state index contributed by atoms with van der Waals surface area (Å²) in [7, 11) is 0. The van der Waals surface area contributed by atoms with Crippen molar-refractivity contribution >= 4 is 17.5 Å². The van der Waals surface area contributed by atoms with Crippen molar-refractivity contribution in [3.8, 4) is 0 Å². The molecule has 0 fully saturated rings. The van der Waals surface area contributed by atoms with Crippen molar-refractivity contribution in [3.63, 3.8) is 0 Å². The van der Waals surface area contributed by atoms with Crippen molar-refractivity contribution in [2.75, 3.05) is 6.54 Å². The summed E-state index contributed by atoms with van der Waals surface area (Å²) in [4.78, 5) is 15.6. The Morgan fingerprint density at radius 2 is 2.33 bits per heavy atom. The van der Waals surface area contributed by atoms with Gasteiger partial charge in [0.1, 0.15) is 0 Å². The molecule has 0 radical (unpaired) electrons. The number of nitrogens with one attached hydrogen (secondary N) is 1. The normalized spacial score (nSPS) is 9.80. The molecule has 15 heavy (non-hydrogen) atoms. The average molecular weight is 225 g/mol. The van der Waals surface area contributed by atoms with E-state index in [1.54, 1.807) is 6.07 Å². The Bertz CT molecular complexity index is 402. The zero-order valence-electron chi connectivity index (χ0n) is 8.80. The predicted molar refractivity (Wildman–Crippen MR) is 61.1 cm³/mol. The van der Waals surface area contributed by atoms with Crippen LogP contribution in [0.5, 0.6) is 0 Å². The molecule has 0 spiro atoms. The number of nitrogens with zero attached hydrogens (tertiary/aromatic N) is 1. The summed E-state index contributed by atoms with van der Waals surface area (Å²) in [5.74, 6) is -0.226. The molecule has 0 unspecified atom stereocenters. The Morgan fingerprint density at radius 1 is 1.67 bits per heavy atom. The lowest BCUT2D eigenvalue weighted by Crippen LogP contribution is -2.25. The van der Waals surface area contributed by atoms with Crippen molar-refractivity contribution in [1.29, 1.82) is 0 Å². The number of hydrogen-bond acceptors (Lipinski definition) is 2. The van der Waals surface area contributed by atoms with Gasteiger partial charge in [0.25, 0.3) is 5.91 Å². The van der Waals surface area contributed by atoms with E-state index in [1.807, 2.05) is 13.8 Å². The van der Waals surface area contributed by atoms with Crippen molar-refractivity contribution in [2.45, 2.75) is 13.8 Å². The van der Waals surface area contributed by atoms with Crippen LogP contribution in [-0.2, 0) is 0 Å². The number of halogens is 1. The summed E-state index contributed by atoms with van der Waals surface area (Å²) in [6.45, 7) is 7.80. The summed E-state index contributed by atoms with van der Waals surface area (Å²) in [5.41, 5.74) is 2.07. The minimum Gasteiger partial charge on any atom is -0.348 e. The zero-order chi connectivity index (χ0) is 11.4. The average Bonchev–Trinajstić information content (AvgIpc) is 2.14. The third-order valence-corrected chi connectivity index (χ3v) is 2.10. The summed E-state index contributed by atoms with van der Waals surface area (Å²) < 4.78 is 0. The number of amides is 1. The number of aryl methyl sites for hydroxylation is 1. The number of carbonyl (C=O) groups is 1. The van der Waals surface area contributed by atoms with Gasteiger partial charge in [0.15, 0.2) is 0 Å². The van der Waals surface area contributed by atoms with E-state index in [-0.39, 0.29) is 5.91 Å². The van der Waals surface area contributed by atoms with Crippen LogP contribution in [0.4, 0.5) is 0 Å². The maximum absolute atomic E-state index is 11.6. The van der Waals surface area contributed by atoms with Crippen LogP contribution in [-0.4, -0.2) is 17.4 Å². The lowest BCUT2D eigenvalue weighted by atomic mass is 10.2. The Kier molecular flexibility index (Phi) is 3.86. The van der Waals surface area contributed by atoms with E-state index in [4.69, 9.17) is 11.6 Å². The smallest absolute Gasteiger partial charge is 0.254 e. The zero-order valence-corrected chi connectivity index (χ0v) is 9.56. The molecular weight excluding hydrogens is 212 g/mol. The number of hydrogen-bond donors (Lipinski definition) is 1. The first-order valence-electron chi connectivity index (χ1n) is 4.55. The highest BCUT2D eigenvalue weighted by Gasteiger charge is 2.10. The number of aromatic nitrogens is 1. The molecule has 1 aromatic heterocycles. The molecule has 80 valence electrons. The van der Waals surface area contributed by atoms with Crippen LogP contribution >= 0.6 is 11.6 Å². The molecule has 3 nitrogen and oxygen atoms in total. The highest BCUT2D eigenvalue weighted by atomic mass is 35.5. The maximum atomic E-state index is 11.6. The van der Waals surface area contributed by atoms with E-state index in [2.05, 4.69) is 16.9 Å². The molecule has 0 saturated heterocycles. The lowest BCUT2D eigenvalue weighted by molar-refractivity contribution is 0.0957. The third kappa shape index (κ3) is 3.36. The van der Waals surface area contributed by atoms with Crippen LogP contribution in [0.1, 0.15) is 23.0 Å². The van der Waals surface area contributed by atoms with E-state index in [0.717, 1.165) is 11.3 Å². The van der Waals surface area contributed by atoms with E-state index in [1.165, 1.54) is 6.20 Å². The molecule has 1 aromatic rings. The van der Waals surface area contributed by atoms with Crippen molar-refractivity contribution in [1.82, 2.24) is 10.3 Å². The fourth-order valence-corrected chi connectivity index (χ4v) is 1.31. The Hall–Kier alpha value is -1.35. The minimum absolute atomic E-state index is 0.226. The van der Waals surface area contributed by atoms with Gasteiger partial charge in [0.05, 0.1) is 10.6 Å². The van der Waals surface area contributed by atoms with Gasteiger partial charge in [-0.1, -0.05) is 23.8 Å². The second kappa shape index (κ2) is 4.94. The summed E-state index contributed by atoms with van der Waals surface area (Å²) >= 11 is 5.92. The molecule has 1 heterocycles. The van der Waals surface area contributed by atoms with Crippen LogP contribution in [0, 0.1) is 6.92 Å². The fraction of sp³-hybridized carbons (Fsp3) is 0.273. The van der Waals surface area contributed by atoms with Crippen LogP contribution in [0.15, 0.2) is 24.4 Å². The molecule has 0 atom stereocenters. The molecule has 0 aliphatic rings. The second-order valence-electron chi connectivity index (χ2n) is 3.45. The van der Waals surface area contributed by atoms with Crippen LogP contribution < -0.4 is 5.32 Å². The Morgan fingerprint density at radius 3 is 2.87 bits per heavy atom. The van der Waals surface area contributed by atoms with E-state index >= 15 is 0 Å². The first kappa shape index (κ1) is 11.7. The molecule has 4 heteroatoms. The summed E-state index contributed by atoms with van der Waals surface area (Å²) in [6.07, 6.45) is 1.48. The highest BCUT2D eigenvalue weighted by Crippen LogP contribution is 2.15. The van der Waals surface area contributed by atoms with E-state index in [0.29, 0.717) is 17.1 Å². The van der Waals surface area contributed by atoms with Crippen LogP contribution in [0.3, 0.4) is 0 Å². The molecular formula is C11H13ClN2O. The predicted octanol–water partition coefficient (Wildman–Crippen LogP) is 2.35. The molecule has 1 amide bonds. The second-order valence-corrected chi connectivity index (χ2v) is 3.85. The van der Waals surface area contributed by atoms with Crippen molar-refractivity contribution < 1.29 is 4.79 Å². The van der Waals surface area contributed by atoms with Gasteiger partial charge in [0, 0.05) is 18.4 Å². The first-order valence-corrected chi connectivity index (χ1v) is 4.93. The minimum atomic E-state index is -0.226. The number of rotatable bonds is 3. The first-order chi connectivity index (χ1) is 7.00. The largest absolute Gasteiger partial charge is 0.348 e. The third-order valence-electron chi connectivity index (χ3n) is 1.79. The Balaban J connectivity index is 2.78. The molecule has 0 saturated carbocycles. The fourth-order valence-electron chi connectivity index (χ4n) is 1.02. The number of pyridine rings is 1. The van der Waals surface area contributed by atoms with Gasteiger partial charge >= 0.3 is 0 Å². The molecule has 0 aliphatic carbocycles. The van der Waals surface area contributed by atoms with Crippen LogP contribution in [0.25, 0.3) is 0 Å². The standard InChI is InChI=1S/C11H13ClN2O/c1-7(2)5-14-11(15)9-6-13-8(3)4-10(9)12/h4,6H,1,5H2,2-3H3,(H,14,15). The van der Waals surface area contributed by atoms with Gasteiger partial charge in [-0.3, -0.25) is 9.78 Å². The quantitative estimate of drug-likeness (QED) is 0.801. The van der Waals surface area contributed by atoms with Crippen molar-refractivity contribution in [2.24, 2.45) is 0 Å². The van der Waals surface area contributed by atoms with Gasteiger partial charge in [-0.25, -0.2) is 0 Å². The maximum Gasteiger partial charge on any atom is 0.254 e. The monoisotopic (exact) mass is 224 g/mol. The molecule has 0 aliphatic heterocycles. The van der Waals surface area contributed by atoms with E-state index in [9.17, 15) is 4.79 Å². The lowest BCUT2D eigenvalue weighted by Gasteiger charge is -2.06. The van der Waals surface area contributed by atoms with Gasteiger partial charge in [-0.2, -0.15) is 0 Å². The molecule has 1 rings (SSSR count). The van der Waals surface area contributed by atoms with Crippen molar-refractivity contribution in [3.05, 3.63) is 40.7 Å². The molecule has 1 N–H and O–H groups in total. The van der Waals surface area contributed by atoms with Gasteiger partial charge in [0.2, 0.25) is 0 Å². The SMILES string of the molecule is C=C(C)CNC(=O)c1cnc(C)cc1Cl. The van der Waals surface area contributed by atoms with Gasteiger partial charge in [-0.15, -0.1) is 0 Å². The topological polar surface area (TPSA) is 42.0 Å². The summed E-state index contributed by atoms with van der Waals surface area (Å²) in [6, 6.07) is 1.66. The Labute approximate surface area is 94.2 Å². The molecule has 0 aromatic carbocycles. The molecule has 0 bridgehead atoms. The number of carbonyl (C=O) groups excluding carboxylic acids is 1. The van der Waals surface area contributed by atoms with Gasteiger partial charge in [-0.05, 0) is 19.9 Å². The highest BCUT2D eigenvalue weighted by molar-refractivity contribution is 6.33. The van der Waals surface area contributed by atoms with E-state index < -0.39 is 0 Å².